The van der Waals surface area contributed by atoms with Crippen LogP contribution in [0.3, 0.4) is 0 Å². The highest BCUT2D eigenvalue weighted by Crippen LogP contribution is 2.38. The van der Waals surface area contributed by atoms with Crippen molar-refractivity contribution in [3.63, 3.8) is 0 Å². The summed E-state index contributed by atoms with van der Waals surface area (Å²) < 4.78 is 34.7. The van der Waals surface area contributed by atoms with E-state index in [2.05, 4.69) is 0 Å². The van der Waals surface area contributed by atoms with Gasteiger partial charge in [0.25, 0.3) is 0 Å². The molecule has 20 heavy (non-hydrogen) atoms. The van der Waals surface area contributed by atoms with E-state index in [1.165, 1.54) is 12.1 Å². The molecule has 6 heteroatoms. The van der Waals surface area contributed by atoms with Crippen molar-refractivity contribution in [3.8, 4) is 22.6 Å². The van der Waals surface area contributed by atoms with Crippen molar-refractivity contribution in [3.05, 3.63) is 36.4 Å². The maximum absolute atomic E-state index is 12.4. The van der Waals surface area contributed by atoms with Crippen LogP contribution in [0.2, 0.25) is 0 Å². The van der Waals surface area contributed by atoms with Gasteiger partial charge in [-0.25, -0.2) is 8.78 Å². The van der Waals surface area contributed by atoms with Crippen LogP contribution in [-0.4, -0.2) is 13.7 Å². The van der Waals surface area contributed by atoms with Gasteiger partial charge in [-0.3, -0.25) is 0 Å². The number of ether oxygens (including phenoxy) is 2. The van der Waals surface area contributed by atoms with Crippen molar-refractivity contribution < 1.29 is 18.3 Å². The first kappa shape index (κ1) is 13.9. The van der Waals surface area contributed by atoms with Crippen LogP contribution in [0.15, 0.2) is 36.4 Å². The summed E-state index contributed by atoms with van der Waals surface area (Å²) >= 11 is 0. The minimum Gasteiger partial charge on any atom is -0.462 e. The van der Waals surface area contributed by atoms with E-state index in [0.717, 1.165) is 0 Å². The fourth-order valence-corrected chi connectivity index (χ4v) is 1.88. The van der Waals surface area contributed by atoms with E-state index in [0.29, 0.717) is 22.5 Å². The number of benzene rings is 2. The molecule has 0 aliphatic heterocycles. The van der Waals surface area contributed by atoms with Gasteiger partial charge >= 0.3 is 0 Å². The van der Waals surface area contributed by atoms with Crippen LogP contribution in [0.1, 0.15) is 0 Å². The number of anilines is 2. The molecule has 0 aromatic heterocycles. The normalized spacial score (nSPS) is 10.3. The lowest BCUT2D eigenvalue weighted by molar-refractivity contribution is 0.189. The summed E-state index contributed by atoms with van der Waals surface area (Å²) in [5, 5.41) is 0. The van der Waals surface area contributed by atoms with Crippen molar-refractivity contribution in [1.82, 2.24) is 0 Å². The summed E-state index contributed by atoms with van der Waals surface area (Å²) in [5.41, 5.74) is 13.2. The topological polar surface area (TPSA) is 70.5 Å². The predicted octanol–water partition coefficient (Wildman–Crippen LogP) is 3.13. The summed E-state index contributed by atoms with van der Waals surface area (Å²) in [5.74, 6) is 0.502. The first-order valence-corrected chi connectivity index (χ1v) is 5.82. The van der Waals surface area contributed by atoms with E-state index >= 15 is 0 Å². The minimum atomic E-state index is -0.995. The Labute approximate surface area is 114 Å². The van der Waals surface area contributed by atoms with Crippen LogP contribution in [-0.2, 0) is 0 Å². The Hall–Kier alpha value is -2.50. The molecule has 0 fully saturated rings. The molecule has 0 bridgehead atoms. The van der Waals surface area contributed by atoms with E-state index in [4.69, 9.17) is 20.9 Å². The lowest BCUT2D eigenvalue weighted by atomic mass is 10.0. The summed E-state index contributed by atoms with van der Waals surface area (Å²) in [6.45, 7) is -1.99. The van der Waals surface area contributed by atoms with Crippen LogP contribution < -0.4 is 20.9 Å². The second kappa shape index (κ2) is 6.10. The predicted molar refractivity (Wildman–Crippen MR) is 73.9 cm³/mol. The highest BCUT2D eigenvalue weighted by atomic mass is 19.1. The second-order valence-electron chi connectivity index (χ2n) is 4.02. The van der Waals surface area contributed by atoms with Crippen molar-refractivity contribution in [2.24, 2.45) is 0 Å². The molecule has 4 N–H and O–H groups in total. The van der Waals surface area contributed by atoms with Gasteiger partial charge in [-0.2, -0.15) is 0 Å². The van der Waals surface area contributed by atoms with Gasteiger partial charge in [-0.05, 0) is 24.3 Å². The molecule has 4 nitrogen and oxygen atoms in total. The van der Waals surface area contributed by atoms with Crippen molar-refractivity contribution in [1.29, 1.82) is 0 Å². The third-order valence-corrected chi connectivity index (χ3v) is 2.72. The van der Waals surface area contributed by atoms with E-state index < -0.39 is 13.7 Å². The largest absolute Gasteiger partial charge is 0.462 e. The molecule has 0 atom stereocenters. The molecule has 2 rings (SSSR count). The van der Waals surface area contributed by atoms with Crippen molar-refractivity contribution in [2.45, 2.75) is 0 Å². The summed E-state index contributed by atoms with van der Waals surface area (Å²) in [4.78, 5) is 0. The Bertz CT molecular complexity index is 552. The first-order valence-electron chi connectivity index (χ1n) is 5.82. The third kappa shape index (κ3) is 2.90. The number of alkyl halides is 2. The van der Waals surface area contributed by atoms with E-state index in [9.17, 15) is 8.78 Å². The van der Waals surface area contributed by atoms with Crippen LogP contribution in [0.25, 0.3) is 11.1 Å². The van der Waals surface area contributed by atoms with Gasteiger partial charge in [0.1, 0.15) is 11.5 Å². The average Bonchev–Trinajstić information content (AvgIpc) is 2.41. The van der Waals surface area contributed by atoms with Gasteiger partial charge in [-0.1, -0.05) is 0 Å². The minimum absolute atomic E-state index is 0.251. The molecule has 2 aromatic carbocycles. The van der Waals surface area contributed by atoms with Gasteiger partial charge < -0.3 is 20.9 Å². The fraction of sp³-hybridized carbons (Fsp3) is 0.143. The van der Waals surface area contributed by atoms with Gasteiger partial charge in [0, 0.05) is 34.6 Å². The standard InChI is InChI=1S/C14H14F2N2O2/c15-7-19-13-5-9(17)1-3-11(13)12-4-2-10(18)6-14(12)20-8-16/h1-6H,7-8,17-18H2. The monoisotopic (exact) mass is 280 g/mol. The number of hydrogen-bond acceptors (Lipinski definition) is 4. The Balaban J connectivity index is 2.55. The lowest BCUT2D eigenvalue weighted by Crippen LogP contribution is -1.98. The molecule has 0 radical (unpaired) electrons. The number of rotatable bonds is 5. The number of halogens is 2. The summed E-state index contributed by atoms with van der Waals surface area (Å²) in [6, 6.07) is 9.55. The molecule has 0 amide bonds. The van der Waals surface area contributed by atoms with Gasteiger partial charge in [0.2, 0.25) is 13.7 Å². The highest BCUT2D eigenvalue weighted by Gasteiger charge is 2.13. The van der Waals surface area contributed by atoms with Crippen LogP contribution >= 0.6 is 0 Å². The molecule has 0 saturated heterocycles. The molecule has 2 aromatic rings. The molecule has 0 spiro atoms. The van der Waals surface area contributed by atoms with E-state index in [1.54, 1.807) is 24.3 Å². The smallest absolute Gasteiger partial charge is 0.228 e. The van der Waals surface area contributed by atoms with Crippen LogP contribution in [0.5, 0.6) is 11.5 Å². The molecule has 0 saturated carbocycles. The molecular formula is C14H14F2N2O2. The van der Waals surface area contributed by atoms with Crippen LogP contribution in [0, 0.1) is 0 Å². The maximum atomic E-state index is 12.4. The number of nitrogen functional groups attached to an aromatic ring is 2. The van der Waals surface area contributed by atoms with Gasteiger partial charge in [-0.15, -0.1) is 0 Å². The van der Waals surface area contributed by atoms with Crippen LogP contribution in [0.4, 0.5) is 20.2 Å². The molecule has 106 valence electrons. The quantitative estimate of drug-likeness (QED) is 0.825. The maximum Gasteiger partial charge on any atom is 0.228 e. The third-order valence-electron chi connectivity index (χ3n) is 2.72. The molecular weight excluding hydrogens is 266 g/mol. The number of nitrogens with two attached hydrogens (primary N) is 2. The SMILES string of the molecule is Nc1ccc(-c2ccc(N)cc2OCF)c(OCF)c1. The molecule has 0 aliphatic rings. The zero-order chi connectivity index (χ0) is 14.5. The Morgan fingerprint density at radius 2 is 1.15 bits per heavy atom. The Morgan fingerprint density at radius 3 is 1.50 bits per heavy atom. The Kier molecular flexibility index (Phi) is 4.24. The van der Waals surface area contributed by atoms with E-state index in [-0.39, 0.29) is 11.5 Å². The van der Waals surface area contributed by atoms with Gasteiger partial charge in [0.15, 0.2) is 0 Å². The first-order chi connectivity index (χ1) is 9.65. The summed E-state index contributed by atoms with van der Waals surface area (Å²) in [6.07, 6.45) is 0. The molecule has 0 aliphatic carbocycles. The Morgan fingerprint density at radius 1 is 0.750 bits per heavy atom. The zero-order valence-corrected chi connectivity index (χ0v) is 10.6. The molecule has 0 heterocycles. The van der Waals surface area contributed by atoms with Gasteiger partial charge in [0.05, 0.1) is 0 Å². The van der Waals surface area contributed by atoms with Crippen molar-refractivity contribution >= 4 is 11.4 Å². The average molecular weight is 280 g/mol. The lowest BCUT2D eigenvalue weighted by Gasteiger charge is -2.14. The van der Waals surface area contributed by atoms with Crippen molar-refractivity contribution in [2.75, 3.05) is 25.2 Å². The second-order valence-corrected chi connectivity index (χ2v) is 4.02. The molecule has 0 unspecified atom stereocenters. The number of hydrogen-bond donors (Lipinski definition) is 2. The fourth-order valence-electron chi connectivity index (χ4n) is 1.88. The van der Waals surface area contributed by atoms with E-state index in [1.807, 2.05) is 0 Å². The summed E-state index contributed by atoms with van der Waals surface area (Å²) in [7, 11) is 0. The zero-order valence-electron chi connectivity index (χ0n) is 10.6. The highest BCUT2D eigenvalue weighted by molar-refractivity contribution is 5.79.